The monoisotopic (exact) mass is 296 g/mol. The number of aromatic nitrogens is 2. The first-order chi connectivity index (χ1) is 8.02. The molecule has 0 saturated carbocycles. The summed E-state index contributed by atoms with van der Waals surface area (Å²) in [6.45, 7) is 4.18. The van der Waals surface area contributed by atoms with Crippen molar-refractivity contribution in [3.63, 3.8) is 0 Å². The largest absolute Gasteiger partial charge is 0.271 e. The molecule has 0 saturated heterocycles. The van der Waals surface area contributed by atoms with Gasteiger partial charge in [-0.25, -0.2) is 4.39 Å². The lowest BCUT2D eigenvalue weighted by molar-refractivity contribution is 0.629. The summed E-state index contributed by atoms with van der Waals surface area (Å²) >= 11 is 3.52. The number of halogens is 2. The summed E-state index contributed by atoms with van der Waals surface area (Å²) in [6, 6.07) is 6.69. The fourth-order valence-electron chi connectivity index (χ4n) is 1.96. The van der Waals surface area contributed by atoms with Crippen molar-refractivity contribution in [1.82, 2.24) is 9.78 Å². The molecule has 0 aliphatic heterocycles. The van der Waals surface area contributed by atoms with Crippen molar-refractivity contribution >= 4 is 15.9 Å². The van der Waals surface area contributed by atoms with E-state index >= 15 is 0 Å². The van der Waals surface area contributed by atoms with E-state index in [4.69, 9.17) is 0 Å². The molecule has 4 heteroatoms. The summed E-state index contributed by atoms with van der Waals surface area (Å²) in [4.78, 5) is 0. The van der Waals surface area contributed by atoms with Gasteiger partial charge < -0.3 is 0 Å². The molecule has 1 aromatic heterocycles. The molecule has 0 aliphatic rings. The maximum atomic E-state index is 13.7. The van der Waals surface area contributed by atoms with E-state index in [0.717, 1.165) is 10.2 Å². The van der Waals surface area contributed by atoms with E-state index < -0.39 is 0 Å². The molecule has 2 rings (SSSR count). The van der Waals surface area contributed by atoms with E-state index in [1.54, 1.807) is 16.8 Å². The molecule has 0 spiro atoms. The van der Waals surface area contributed by atoms with Crippen LogP contribution in [0.25, 0.3) is 11.3 Å². The van der Waals surface area contributed by atoms with Gasteiger partial charge >= 0.3 is 0 Å². The summed E-state index contributed by atoms with van der Waals surface area (Å²) in [5.41, 5.74) is 2.26. The minimum absolute atomic E-state index is 0.249. The van der Waals surface area contributed by atoms with Crippen LogP contribution in [0.1, 0.15) is 25.5 Å². The van der Waals surface area contributed by atoms with Gasteiger partial charge in [-0.1, -0.05) is 26.0 Å². The first kappa shape index (κ1) is 12.3. The molecule has 0 unspecified atom stereocenters. The van der Waals surface area contributed by atoms with Gasteiger partial charge in [-0.15, -0.1) is 0 Å². The third-order valence-electron chi connectivity index (χ3n) is 2.71. The second-order valence-electron chi connectivity index (χ2n) is 4.31. The SMILES string of the molecule is CC(C)c1c(Br)c(-c2ccccc2F)nn1C. The van der Waals surface area contributed by atoms with Gasteiger partial charge in [0, 0.05) is 12.6 Å². The Hall–Kier alpha value is -1.16. The van der Waals surface area contributed by atoms with Crippen LogP contribution in [-0.2, 0) is 7.05 Å². The van der Waals surface area contributed by atoms with Gasteiger partial charge in [0.05, 0.1) is 10.2 Å². The van der Waals surface area contributed by atoms with Crippen molar-refractivity contribution in [2.24, 2.45) is 7.05 Å². The minimum atomic E-state index is -0.249. The van der Waals surface area contributed by atoms with Crippen LogP contribution in [0, 0.1) is 5.82 Å². The first-order valence-corrected chi connectivity index (χ1v) is 6.29. The molecule has 0 atom stereocenters. The Morgan fingerprint density at radius 2 is 1.94 bits per heavy atom. The Morgan fingerprint density at radius 1 is 1.29 bits per heavy atom. The average Bonchev–Trinajstić information content (AvgIpc) is 2.55. The topological polar surface area (TPSA) is 17.8 Å². The summed E-state index contributed by atoms with van der Waals surface area (Å²) in [5, 5.41) is 4.39. The fourth-order valence-corrected chi connectivity index (χ4v) is 2.97. The van der Waals surface area contributed by atoms with Crippen LogP contribution in [0.2, 0.25) is 0 Å². The van der Waals surface area contributed by atoms with Gasteiger partial charge in [-0.2, -0.15) is 5.10 Å². The molecular weight excluding hydrogens is 283 g/mol. The van der Waals surface area contributed by atoms with Crippen LogP contribution >= 0.6 is 15.9 Å². The molecule has 2 nitrogen and oxygen atoms in total. The molecule has 17 heavy (non-hydrogen) atoms. The highest BCUT2D eigenvalue weighted by Gasteiger charge is 2.19. The van der Waals surface area contributed by atoms with Crippen LogP contribution in [0.15, 0.2) is 28.7 Å². The van der Waals surface area contributed by atoms with Gasteiger partial charge in [-0.3, -0.25) is 4.68 Å². The fraction of sp³-hybridized carbons (Fsp3) is 0.308. The predicted molar refractivity (Wildman–Crippen MR) is 70.4 cm³/mol. The van der Waals surface area contributed by atoms with E-state index in [1.807, 2.05) is 13.1 Å². The highest BCUT2D eigenvalue weighted by atomic mass is 79.9. The molecule has 0 fully saturated rings. The zero-order valence-corrected chi connectivity index (χ0v) is 11.6. The summed E-state index contributed by atoms with van der Waals surface area (Å²) in [7, 11) is 1.88. The van der Waals surface area contributed by atoms with E-state index in [2.05, 4.69) is 34.9 Å². The Labute approximate surface area is 109 Å². The molecule has 0 radical (unpaired) electrons. The Bertz CT molecular complexity index is 546. The molecule has 0 N–H and O–H groups in total. The van der Waals surface area contributed by atoms with Gasteiger partial charge in [0.2, 0.25) is 0 Å². The second-order valence-corrected chi connectivity index (χ2v) is 5.10. The van der Waals surface area contributed by atoms with E-state index in [1.165, 1.54) is 6.07 Å². The zero-order chi connectivity index (χ0) is 12.6. The first-order valence-electron chi connectivity index (χ1n) is 5.49. The highest BCUT2D eigenvalue weighted by Crippen LogP contribution is 2.34. The maximum Gasteiger partial charge on any atom is 0.132 e. The standard InChI is InChI=1S/C13H14BrFN2/c1-8(2)13-11(14)12(16-17(13)3)9-6-4-5-7-10(9)15/h4-8H,1-3H3. The van der Waals surface area contributed by atoms with Crippen molar-refractivity contribution in [3.05, 3.63) is 40.2 Å². The van der Waals surface area contributed by atoms with Crippen molar-refractivity contribution in [2.45, 2.75) is 19.8 Å². The van der Waals surface area contributed by atoms with Crippen LogP contribution in [-0.4, -0.2) is 9.78 Å². The van der Waals surface area contributed by atoms with Gasteiger partial charge in [0.1, 0.15) is 11.5 Å². The number of benzene rings is 1. The lowest BCUT2D eigenvalue weighted by Gasteiger charge is -2.05. The number of hydrogen-bond donors (Lipinski definition) is 0. The molecule has 0 amide bonds. The Morgan fingerprint density at radius 3 is 2.47 bits per heavy atom. The Balaban J connectivity index is 2.62. The van der Waals surface area contributed by atoms with E-state index in [0.29, 0.717) is 17.2 Å². The summed E-state index contributed by atoms with van der Waals surface area (Å²) in [5.74, 6) is 0.0870. The lowest BCUT2D eigenvalue weighted by Crippen LogP contribution is -1.99. The number of nitrogens with zero attached hydrogens (tertiary/aromatic N) is 2. The number of hydrogen-bond acceptors (Lipinski definition) is 1. The summed E-state index contributed by atoms with van der Waals surface area (Å²) < 4.78 is 16.4. The van der Waals surface area contributed by atoms with Crippen LogP contribution in [0.5, 0.6) is 0 Å². The predicted octanol–water partition coefficient (Wildman–Crippen LogP) is 4.11. The van der Waals surface area contributed by atoms with Crippen LogP contribution < -0.4 is 0 Å². The van der Waals surface area contributed by atoms with Crippen LogP contribution in [0.3, 0.4) is 0 Å². The van der Waals surface area contributed by atoms with Crippen molar-refractivity contribution in [2.75, 3.05) is 0 Å². The van der Waals surface area contributed by atoms with E-state index in [9.17, 15) is 4.39 Å². The van der Waals surface area contributed by atoms with Crippen molar-refractivity contribution < 1.29 is 4.39 Å². The molecule has 0 aliphatic carbocycles. The molecule has 2 aromatic rings. The normalized spacial score (nSPS) is 11.2. The third kappa shape index (κ3) is 2.14. The highest BCUT2D eigenvalue weighted by molar-refractivity contribution is 9.10. The maximum absolute atomic E-state index is 13.7. The number of aryl methyl sites for hydroxylation is 1. The summed E-state index contributed by atoms with van der Waals surface area (Å²) in [6.07, 6.45) is 0. The van der Waals surface area contributed by atoms with Gasteiger partial charge in [0.25, 0.3) is 0 Å². The molecule has 1 aromatic carbocycles. The minimum Gasteiger partial charge on any atom is -0.271 e. The van der Waals surface area contributed by atoms with Crippen LogP contribution in [0.4, 0.5) is 4.39 Å². The molecule has 1 heterocycles. The third-order valence-corrected chi connectivity index (χ3v) is 3.49. The van der Waals surface area contributed by atoms with Crippen molar-refractivity contribution in [1.29, 1.82) is 0 Å². The zero-order valence-electron chi connectivity index (χ0n) is 10.0. The Kier molecular flexibility index (Phi) is 3.33. The van der Waals surface area contributed by atoms with Gasteiger partial charge in [0.15, 0.2) is 0 Å². The van der Waals surface area contributed by atoms with Crippen molar-refractivity contribution in [3.8, 4) is 11.3 Å². The molecular formula is C13H14BrFN2. The smallest absolute Gasteiger partial charge is 0.132 e. The van der Waals surface area contributed by atoms with Gasteiger partial charge in [-0.05, 0) is 34.0 Å². The molecule has 0 bridgehead atoms. The quantitative estimate of drug-likeness (QED) is 0.815. The second kappa shape index (κ2) is 4.61. The average molecular weight is 297 g/mol. The van der Waals surface area contributed by atoms with E-state index in [-0.39, 0.29) is 5.82 Å². The number of rotatable bonds is 2. The molecule has 90 valence electrons. The lowest BCUT2D eigenvalue weighted by atomic mass is 10.1.